The Morgan fingerprint density at radius 2 is 1.89 bits per heavy atom. The van der Waals surface area contributed by atoms with Gasteiger partial charge in [-0.15, -0.1) is 0 Å². The number of halogens is 1. The highest BCUT2D eigenvalue weighted by Crippen LogP contribution is 2.38. The van der Waals surface area contributed by atoms with Gasteiger partial charge in [-0.2, -0.15) is 0 Å². The molecule has 2 N–H and O–H groups in total. The van der Waals surface area contributed by atoms with Gasteiger partial charge in [-0.1, -0.05) is 35.9 Å². The quantitative estimate of drug-likeness (QED) is 0.372. The zero-order valence-electron chi connectivity index (χ0n) is 20.2. The number of fused-ring (bicyclic) bond motifs is 1. The lowest BCUT2D eigenvalue weighted by Gasteiger charge is -2.15. The standard InChI is InChI=1S/C28H28ClN3O4/c1-32(2)14-15-36-22-10-8-21(9-11-22)30-27(19-5-3-4-18(16-19)6-13-25(33)34)26-23-12-7-20(29)17-24(23)31-28(26)35/h3-5,7-12,16-17,26H,6,13-15H2,1-2H3,(H,31,35)(H,33,34). The molecule has 4 rings (SSSR count). The van der Waals surface area contributed by atoms with Crippen molar-refractivity contribution in [2.45, 2.75) is 18.8 Å². The van der Waals surface area contributed by atoms with Gasteiger partial charge in [0.15, 0.2) is 0 Å². The van der Waals surface area contributed by atoms with Crippen LogP contribution in [0.15, 0.2) is 71.7 Å². The molecule has 0 fully saturated rings. The maximum Gasteiger partial charge on any atom is 0.303 e. The SMILES string of the molecule is CN(C)CCOc1ccc(N=C(c2cccc(CCC(=O)O)c2)C2C(=O)Nc3cc(Cl)ccc32)cc1. The number of hydrogen-bond acceptors (Lipinski definition) is 5. The van der Waals surface area contributed by atoms with Crippen LogP contribution in [-0.4, -0.2) is 54.8 Å². The second-order valence-electron chi connectivity index (χ2n) is 8.89. The van der Waals surface area contributed by atoms with Crippen molar-refractivity contribution in [1.82, 2.24) is 4.90 Å². The Balaban J connectivity index is 1.71. The maximum atomic E-state index is 13.1. The first-order chi connectivity index (χ1) is 17.3. The molecule has 3 aromatic carbocycles. The number of rotatable bonds is 10. The Hall–Kier alpha value is -3.68. The molecule has 0 radical (unpaired) electrons. The topological polar surface area (TPSA) is 91.2 Å². The Morgan fingerprint density at radius 3 is 2.61 bits per heavy atom. The van der Waals surface area contributed by atoms with E-state index in [2.05, 4.69) is 5.32 Å². The van der Waals surface area contributed by atoms with Gasteiger partial charge >= 0.3 is 5.97 Å². The number of likely N-dealkylation sites (N-methyl/N-ethyl adjacent to an activating group) is 1. The third-order valence-corrected chi connectivity index (χ3v) is 6.10. The van der Waals surface area contributed by atoms with E-state index in [0.717, 1.165) is 29.0 Å². The third-order valence-electron chi connectivity index (χ3n) is 5.86. The minimum absolute atomic E-state index is 0.0243. The zero-order chi connectivity index (χ0) is 25.7. The molecule has 0 spiro atoms. The summed E-state index contributed by atoms with van der Waals surface area (Å²) in [5.74, 6) is -0.941. The van der Waals surface area contributed by atoms with Crippen LogP contribution < -0.4 is 10.1 Å². The lowest BCUT2D eigenvalue weighted by molar-refractivity contribution is -0.137. The molecule has 0 aliphatic carbocycles. The number of carboxylic acid groups (broad SMARTS) is 1. The van der Waals surface area contributed by atoms with Crippen molar-refractivity contribution in [3.8, 4) is 5.75 Å². The van der Waals surface area contributed by atoms with Gasteiger partial charge in [-0.3, -0.25) is 14.6 Å². The van der Waals surface area contributed by atoms with Gasteiger partial charge in [0, 0.05) is 23.7 Å². The largest absolute Gasteiger partial charge is 0.492 e. The fourth-order valence-corrected chi connectivity index (χ4v) is 4.21. The smallest absolute Gasteiger partial charge is 0.303 e. The second-order valence-corrected chi connectivity index (χ2v) is 9.33. The molecule has 0 bridgehead atoms. The number of carbonyl (C=O) groups is 2. The van der Waals surface area contributed by atoms with Gasteiger partial charge < -0.3 is 20.1 Å². The number of hydrogen-bond donors (Lipinski definition) is 2. The second kappa shape index (κ2) is 11.4. The summed E-state index contributed by atoms with van der Waals surface area (Å²) in [6.07, 6.45) is 0.412. The normalized spacial score (nSPS) is 15.1. The van der Waals surface area contributed by atoms with Gasteiger partial charge in [0.05, 0.1) is 11.4 Å². The number of nitrogens with one attached hydrogen (secondary N) is 1. The molecule has 1 amide bonds. The minimum atomic E-state index is -0.858. The molecular formula is C28H28ClN3O4. The first kappa shape index (κ1) is 25.4. The predicted octanol–water partition coefficient (Wildman–Crippen LogP) is 5.15. The Labute approximate surface area is 215 Å². The van der Waals surface area contributed by atoms with Crippen molar-refractivity contribution in [2.24, 2.45) is 4.99 Å². The summed E-state index contributed by atoms with van der Waals surface area (Å²) in [6.45, 7) is 1.38. The van der Waals surface area contributed by atoms with Crippen LogP contribution in [0.3, 0.4) is 0 Å². The highest BCUT2D eigenvalue weighted by molar-refractivity contribution is 6.31. The van der Waals surface area contributed by atoms with E-state index in [9.17, 15) is 9.59 Å². The van der Waals surface area contributed by atoms with Crippen LogP contribution in [0.1, 0.15) is 29.0 Å². The molecule has 8 heteroatoms. The lowest BCUT2D eigenvalue weighted by Crippen LogP contribution is -2.22. The van der Waals surface area contributed by atoms with E-state index in [1.54, 1.807) is 12.1 Å². The number of carboxylic acids is 1. The Morgan fingerprint density at radius 1 is 1.11 bits per heavy atom. The Bertz CT molecular complexity index is 1290. The highest BCUT2D eigenvalue weighted by atomic mass is 35.5. The van der Waals surface area contributed by atoms with Crippen LogP contribution in [0, 0.1) is 0 Å². The monoisotopic (exact) mass is 505 g/mol. The van der Waals surface area contributed by atoms with Crippen molar-refractivity contribution in [1.29, 1.82) is 0 Å². The first-order valence-corrected chi connectivity index (χ1v) is 12.1. The van der Waals surface area contributed by atoms with E-state index in [-0.39, 0.29) is 12.3 Å². The molecule has 186 valence electrons. The van der Waals surface area contributed by atoms with Gasteiger partial charge in [-0.25, -0.2) is 0 Å². The van der Waals surface area contributed by atoms with Gasteiger partial charge in [-0.05, 0) is 79.7 Å². The fraction of sp³-hybridized carbons (Fsp3) is 0.250. The van der Waals surface area contributed by atoms with E-state index in [0.29, 0.717) is 35.1 Å². The van der Waals surface area contributed by atoms with Crippen LogP contribution in [0.5, 0.6) is 5.75 Å². The molecule has 1 atom stereocenters. The van der Waals surface area contributed by atoms with E-state index in [1.165, 1.54) is 0 Å². The maximum absolute atomic E-state index is 13.1. The number of nitrogens with zero attached hydrogens (tertiary/aromatic N) is 2. The van der Waals surface area contributed by atoms with Crippen LogP contribution in [0.25, 0.3) is 0 Å². The molecule has 0 aromatic heterocycles. The average molecular weight is 506 g/mol. The predicted molar refractivity (Wildman–Crippen MR) is 142 cm³/mol. The minimum Gasteiger partial charge on any atom is -0.492 e. The average Bonchev–Trinajstić information content (AvgIpc) is 3.16. The van der Waals surface area contributed by atoms with E-state index < -0.39 is 11.9 Å². The summed E-state index contributed by atoms with van der Waals surface area (Å²) < 4.78 is 5.78. The summed E-state index contributed by atoms with van der Waals surface area (Å²) >= 11 is 6.15. The van der Waals surface area contributed by atoms with Crippen molar-refractivity contribution in [3.05, 3.63) is 88.4 Å². The lowest BCUT2D eigenvalue weighted by atomic mass is 9.89. The zero-order valence-corrected chi connectivity index (χ0v) is 21.0. The molecule has 1 heterocycles. The van der Waals surface area contributed by atoms with E-state index in [4.69, 9.17) is 26.4 Å². The molecule has 1 unspecified atom stereocenters. The fourth-order valence-electron chi connectivity index (χ4n) is 4.04. The van der Waals surface area contributed by atoms with Gasteiger partial charge in [0.1, 0.15) is 18.3 Å². The number of aryl methyl sites for hydroxylation is 1. The first-order valence-electron chi connectivity index (χ1n) is 11.7. The number of anilines is 1. The van der Waals surface area contributed by atoms with Crippen molar-refractivity contribution >= 4 is 40.6 Å². The van der Waals surface area contributed by atoms with Crippen LogP contribution in [-0.2, 0) is 16.0 Å². The summed E-state index contributed by atoms with van der Waals surface area (Å²) in [5, 5.41) is 12.5. The molecule has 0 saturated heterocycles. The third kappa shape index (κ3) is 6.30. The molecule has 7 nitrogen and oxygen atoms in total. The van der Waals surface area contributed by atoms with Gasteiger partial charge in [0.2, 0.25) is 5.91 Å². The highest BCUT2D eigenvalue weighted by Gasteiger charge is 2.35. The van der Waals surface area contributed by atoms with Crippen LogP contribution >= 0.6 is 11.6 Å². The summed E-state index contributed by atoms with van der Waals surface area (Å²) in [4.78, 5) is 31.2. The Kier molecular flexibility index (Phi) is 8.03. The number of amides is 1. The van der Waals surface area contributed by atoms with E-state index in [1.807, 2.05) is 73.6 Å². The van der Waals surface area contributed by atoms with Crippen LogP contribution in [0.4, 0.5) is 11.4 Å². The summed E-state index contributed by atoms with van der Waals surface area (Å²) in [7, 11) is 3.98. The number of carbonyl (C=O) groups excluding carboxylic acids is 1. The molecule has 36 heavy (non-hydrogen) atoms. The number of ether oxygens (including phenoxy) is 1. The van der Waals surface area contributed by atoms with E-state index >= 15 is 0 Å². The number of aliphatic imine (C=N–C) groups is 1. The molecule has 1 aliphatic heterocycles. The molecular weight excluding hydrogens is 478 g/mol. The molecule has 0 saturated carbocycles. The van der Waals surface area contributed by atoms with Crippen molar-refractivity contribution < 1.29 is 19.4 Å². The van der Waals surface area contributed by atoms with Crippen LogP contribution in [0.2, 0.25) is 5.02 Å². The van der Waals surface area contributed by atoms with Gasteiger partial charge in [0.25, 0.3) is 0 Å². The number of aliphatic carboxylic acids is 1. The number of benzene rings is 3. The molecule has 1 aliphatic rings. The van der Waals surface area contributed by atoms with Crippen molar-refractivity contribution in [2.75, 3.05) is 32.6 Å². The molecule has 3 aromatic rings. The van der Waals surface area contributed by atoms with Crippen molar-refractivity contribution in [3.63, 3.8) is 0 Å². The summed E-state index contributed by atoms with van der Waals surface area (Å²) in [5.41, 5.74) is 4.33. The summed E-state index contributed by atoms with van der Waals surface area (Å²) in [6, 6.07) is 20.3.